The van der Waals surface area contributed by atoms with Crippen LogP contribution in [0.25, 0.3) is 0 Å². The van der Waals surface area contributed by atoms with Crippen molar-refractivity contribution in [1.82, 2.24) is 0 Å². The number of benzene rings is 1. The van der Waals surface area contributed by atoms with Crippen LogP contribution in [0.1, 0.15) is 36.5 Å². The molecule has 1 aliphatic rings. The molecule has 0 amide bonds. The van der Waals surface area contributed by atoms with Crippen molar-refractivity contribution >= 4 is 0 Å². The Kier molecular flexibility index (Phi) is 3.17. The largest absolute Gasteiger partial charge is 0.373 e. The lowest BCUT2D eigenvalue weighted by Gasteiger charge is -2.32. The summed E-state index contributed by atoms with van der Waals surface area (Å²) in [6.07, 6.45) is -3.07. The van der Waals surface area contributed by atoms with E-state index in [-0.39, 0.29) is 18.1 Å². The van der Waals surface area contributed by atoms with Crippen LogP contribution in [0, 0.1) is 0 Å². The molecule has 94 valence electrons. The lowest BCUT2D eigenvalue weighted by molar-refractivity contribution is -0.107. The third-order valence-corrected chi connectivity index (χ3v) is 3.16. The standard InChI is InChI=1S/C13H15F3O/c1-8(2)9-3-4-10-6-17-7-13(16,12(14)15)11(10)5-9/h3-5,8,12H,6-7H2,1-2H3. The Morgan fingerprint density at radius 3 is 2.59 bits per heavy atom. The maximum Gasteiger partial charge on any atom is 0.278 e. The van der Waals surface area contributed by atoms with Crippen molar-refractivity contribution in [3.8, 4) is 0 Å². The highest BCUT2D eigenvalue weighted by Crippen LogP contribution is 2.40. The average Bonchev–Trinajstić information content (AvgIpc) is 2.28. The highest BCUT2D eigenvalue weighted by Gasteiger charge is 2.46. The number of rotatable bonds is 2. The highest BCUT2D eigenvalue weighted by atomic mass is 19.3. The predicted octanol–water partition coefficient (Wildman–Crippen LogP) is 3.77. The van der Waals surface area contributed by atoms with Crippen molar-refractivity contribution in [2.75, 3.05) is 6.61 Å². The summed E-state index contributed by atoms with van der Waals surface area (Å²) >= 11 is 0. The second-order valence-electron chi connectivity index (χ2n) is 4.73. The molecule has 0 aliphatic carbocycles. The minimum absolute atomic E-state index is 0.0879. The smallest absolute Gasteiger partial charge is 0.278 e. The van der Waals surface area contributed by atoms with Gasteiger partial charge in [-0.25, -0.2) is 13.2 Å². The lowest BCUT2D eigenvalue weighted by atomic mass is 9.87. The lowest BCUT2D eigenvalue weighted by Crippen LogP contribution is -2.38. The minimum atomic E-state index is -3.07. The van der Waals surface area contributed by atoms with Gasteiger partial charge in [-0.15, -0.1) is 0 Å². The summed E-state index contributed by atoms with van der Waals surface area (Å²) in [4.78, 5) is 0. The van der Waals surface area contributed by atoms with Crippen LogP contribution in [-0.4, -0.2) is 13.0 Å². The van der Waals surface area contributed by atoms with Gasteiger partial charge >= 0.3 is 0 Å². The minimum Gasteiger partial charge on any atom is -0.373 e. The van der Waals surface area contributed by atoms with E-state index in [0.29, 0.717) is 5.56 Å². The number of fused-ring (bicyclic) bond motifs is 1. The number of alkyl halides is 3. The molecule has 0 fully saturated rings. The summed E-state index contributed by atoms with van der Waals surface area (Å²) in [6.45, 7) is 3.53. The maximum absolute atomic E-state index is 14.3. The van der Waals surface area contributed by atoms with Crippen LogP contribution < -0.4 is 0 Å². The first-order chi connectivity index (χ1) is 7.95. The average molecular weight is 244 g/mol. The molecule has 0 N–H and O–H groups in total. The van der Waals surface area contributed by atoms with E-state index in [1.165, 1.54) is 0 Å². The Balaban J connectivity index is 2.52. The molecule has 0 saturated heterocycles. The van der Waals surface area contributed by atoms with Crippen molar-refractivity contribution in [1.29, 1.82) is 0 Å². The Morgan fingerprint density at radius 2 is 2.00 bits per heavy atom. The van der Waals surface area contributed by atoms with Crippen molar-refractivity contribution in [3.05, 3.63) is 34.9 Å². The monoisotopic (exact) mass is 244 g/mol. The third-order valence-electron chi connectivity index (χ3n) is 3.16. The first kappa shape index (κ1) is 12.4. The van der Waals surface area contributed by atoms with Gasteiger partial charge in [0.2, 0.25) is 5.67 Å². The van der Waals surface area contributed by atoms with Gasteiger partial charge in [-0.2, -0.15) is 0 Å². The molecule has 1 heterocycles. The summed E-state index contributed by atoms with van der Waals surface area (Å²) in [7, 11) is 0. The van der Waals surface area contributed by atoms with Gasteiger partial charge in [-0.1, -0.05) is 32.0 Å². The Labute approximate surface area is 98.6 Å². The predicted molar refractivity (Wildman–Crippen MR) is 59.0 cm³/mol. The number of hydrogen-bond donors (Lipinski definition) is 0. The van der Waals surface area contributed by atoms with E-state index < -0.39 is 18.7 Å². The van der Waals surface area contributed by atoms with Crippen LogP contribution in [0.3, 0.4) is 0 Å². The molecular weight excluding hydrogens is 229 g/mol. The number of halogens is 3. The van der Waals surface area contributed by atoms with Crippen LogP contribution >= 0.6 is 0 Å². The van der Waals surface area contributed by atoms with Crippen molar-refractivity contribution in [2.24, 2.45) is 0 Å². The zero-order valence-electron chi connectivity index (χ0n) is 9.84. The van der Waals surface area contributed by atoms with Crippen molar-refractivity contribution in [3.63, 3.8) is 0 Å². The molecule has 2 rings (SSSR count). The fraction of sp³-hybridized carbons (Fsp3) is 0.538. The normalized spacial score (nSPS) is 24.2. The molecule has 1 aromatic rings. The second-order valence-corrected chi connectivity index (χ2v) is 4.73. The van der Waals surface area contributed by atoms with Crippen LogP contribution in [0.2, 0.25) is 0 Å². The zero-order chi connectivity index (χ0) is 12.6. The molecule has 1 aromatic carbocycles. The van der Waals surface area contributed by atoms with Gasteiger partial charge < -0.3 is 4.74 Å². The third kappa shape index (κ3) is 2.06. The Morgan fingerprint density at radius 1 is 1.29 bits per heavy atom. The molecular formula is C13H15F3O. The summed E-state index contributed by atoms with van der Waals surface area (Å²) < 4.78 is 44.9. The fourth-order valence-corrected chi connectivity index (χ4v) is 2.03. The van der Waals surface area contributed by atoms with E-state index in [2.05, 4.69) is 0 Å². The van der Waals surface area contributed by atoms with Gasteiger partial charge in [0.15, 0.2) is 0 Å². The topological polar surface area (TPSA) is 9.23 Å². The number of ether oxygens (including phenoxy) is 1. The maximum atomic E-state index is 14.3. The number of hydrogen-bond acceptors (Lipinski definition) is 1. The van der Waals surface area contributed by atoms with Gasteiger partial charge in [0, 0.05) is 5.56 Å². The van der Waals surface area contributed by atoms with E-state index in [1.54, 1.807) is 12.1 Å². The van der Waals surface area contributed by atoms with E-state index in [0.717, 1.165) is 5.56 Å². The van der Waals surface area contributed by atoms with Gasteiger partial charge in [0.25, 0.3) is 6.43 Å². The molecule has 0 radical (unpaired) electrons. The molecule has 1 atom stereocenters. The molecule has 1 unspecified atom stereocenters. The van der Waals surface area contributed by atoms with Crippen LogP contribution in [0.4, 0.5) is 13.2 Å². The zero-order valence-corrected chi connectivity index (χ0v) is 9.84. The van der Waals surface area contributed by atoms with Gasteiger partial charge in [-0.05, 0) is 17.0 Å². The molecule has 0 saturated carbocycles. The van der Waals surface area contributed by atoms with Crippen molar-refractivity contribution in [2.45, 2.75) is 38.5 Å². The van der Waals surface area contributed by atoms with E-state index in [1.807, 2.05) is 19.9 Å². The van der Waals surface area contributed by atoms with E-state index in [4.69, 9.17) is 4.74 Å². The van der Waals surface area contributed by atoms with E-state index >= 15 is 0 Å². The SMILES string of the molecule is CC(C)c1ccc2c(c1)C(F)(C(F)F)COC2. The first-order valence-corrected chi connectivity index (χ1v) is 5.63. The van der Waals surface area contributed by atoms with Crippen LogP contribution in [0.15, 0.2) is 18.2 Å². The summed E-state index contributed by atoms with van der Waals surface area (Å²) in [6, 6.07) is 5.07. The second kappa shape index (κ2) is 4.33. The molecule has 0 bridgehead atoms. The van der Waals surface area contributed by atoms with Crippen LogP contribution in [0.5, 0.6) is 0 Å². The van der Waals surface area contributed by atoms with E-state index in [9.17, 15) is 13.2 Å². The van der Waals surface area contributed by atoms with Gasteiger partial charge in [-0.3, -0.25) is 0 Å². The van der Waals surface area contributed by atoms with Gasteiger partial charge in [0.1, 0.15) is 0 Å². The Hall–Kier alpha value is -1.03. The summed E-state index contributed by atoms with van der Waals surface area (Å²) in [5.41, 5.74) is -1.19. The molecule has 1 nitrogen and oxygen atoms in total. The first-order valence-electron chi connectivity index (χ1n) is 5.63. The molecule has 0 spiro atoms. The van der Waals surface area contributed by atoms with Crippen molar-refractivity contribution < 1.29 is 17.9 Å². The summed E-state index contributed by atoms with van der Waals surface area (Å²) in [5.74, 6) is 0.185. The molecule has 0 aromatic heterocycles. The molecule has 17 heavy (non-hydrogen) atoms. The molecule has 1 aliphatic heterocycles. The fourth-order valence-electron chi connectivity index (χ4n) is 2.03. The quantitative estimate of drug-likeness (QED) is 0.769. The summed E-state index contributed by atoms with van der Waals surface area (Å²) in [5, 5.41) is 0. The van der Waals surface area contributed by atoms with Crippen LogP contribution in [-0.2, 0) is 17.0 Å². The highest BCUT2D eigenvalue weighted by molar-refractivity contribution is 5.39. The molecule has 4 heteroatoms. The Bertz CT molecular complexity index is 417. The van der Waals surface area contributed by atoms with Gasteiger partial charge in [0.05, 0.1) is 13.2 Å².